The van der Waals surface area contributed by atoms with Crippen LogP contribution in [-0.4, -0.2) is 18.5 Å². The van der Waals surface area contributed by atoms with E-state index in [9.17, 15) is 4.79 Å². The summed E-state index contributed by atoms with van der Waals surface area (Å²) in [7, 11) is 0. The van der Waals surface area contributed by atoms with Gasteiger partial charge in [0.2, 0.25) is 5.91 Å². The van der Waals surface area contributed by atoms with Crippen molar-refractivity contribution in [3.05, 3.63) is 0 Å². The summed E-state index contributed by atoms with van der Waals surface area (Å²) in [5.74, 6) is 0.910. The molecule has 2 aliphatic rings. The highest BCUT2D eigenvalue weighted by molar-refractivity contribution is 5.83. The molecular weight excluding hydrogens is 248 g/mol. The second-order valence-corrected chi connectivity index (χ2v) is 7.06. The van der Waals surface area contributed by atoms with Crippen molar-refractivity contribution in [3.8, 4) is 0 Å². The Morgan fingerprint density at radius 2 is 1.65 bits per heavy atom. The van der Waals surface area contributed by atoms with Crippen LogP contribution >= 0.6 is 0 Å². The molecule has 20 heavy (non-hydrogen) atoms. The van der Waals surface area contributed by atoms with Gasteiger partial charge in [-0.2, -0.15) is 0 Å². The van der Waals surface area contributed by atoms with Crippen molar-refractivity contribution in [1.29, 1.82) is 0 Å². The van der Waals surface area contributed by atoms with Gasteiger partial charge in [-0.25, -0.2) is 0 Å². The topological polar surface area (TPSA) is 55.1 Å². The third-order valence-electron chi connectivity index (χ3n) is 5.65. The van der Waals surface area contributed by atoms with E-state index in [1.807, 2.05) is 0 Å². The van der Waals surface area contributed by atoms with Gasteiger partial charge in [-0.1, -0.05) is 44.9 Å². The van der Waals surface area contributed by atoms with Gasteiger partial charge in [-0.3, -0.25) is 4.79 Å². The predicted octanol–water partition coefficient (Wildman–Crippen LogP) is 3.37. The van der Waals surface area contributed by atoms with E-state index in [1.165, 1.54) is 44.9 Å². The summed E-state index contributed by atoms with van der Waals surface area (Å²) in [6.45, 7) is 2.70. The summed E-state index contributed by atoms with van der Waals surface area (Å²) < 4.78 is 0. The molecule has 1 atom stereocenters. The first-order valence-electron chi connectivity index (χ1n) is 8.69. The number of nitrogens with one attached hydrogen (secondary N) is 1. The number of hydrogen-bond acceptors (Lipinski definition) is 2. The van der Waals surface area contributed by atoms with Crippen LogP contribution in [0.5, 0.6) is 0 Å². The maximum absolute atomic E-state index is 12.8. The molecule has 3 N–H and O–H groups in total. The first-order chi connectivity index (χ1) is 9.68. The summed E-state index contributed by atoms with van der Waals surface area (Å²) in [6, 6.07) is 0.314. The Morgan fingerprint density at radius 1 is 1.10 bits per heavy atom. The first kappa shape index (κ1) is 15.8. The van der Waals surface area contributed by atoms with Crippen LogP contribution < -0.4 is 11.1 Å². The van der Waals surface area contributed by atoms with Gasteiger partial charge in [-0.15, -0.1) is 0 Å². The van der Waals surface area contributed by atoms with Crippen molar-refractivity contribution in [3.63, 3.8) is 0 Å². The molecule has 0 bridgehead atoms. The SMILES string of the molecule is CC(NC(=O)C1(CN)CCCCCC1)C1CCCCC1. The highest BCUT2D eigenvalue weighted by Crippen LogP contribution is 2.35. The smallest absolute Gasteiger partial charge is 0.227 e. The zero-order valence-corrected chi connectivity index (χ0v) is 13.1. The molecule has 2 rings (SSSR count). The zero-order chi connectivity index (χ0) is 14.4. The van der Waals surface area contributed by atoms with Crippen LogP contribution in [-0.2, 0) is 4.79 Å². The van der Waals surface area contributed by atoms with E-state index < -0.39 is 0 Å². The van der Waals surface area contributed by atoms with Crippen molar-refractivity contribution in [2.75, 3.05) is 6.54 Å². The van der Waals surface area contributed by atoms with E-state index in [2.05, 4.69) is 12.2 Å². The van der Waals surface area contributed by atoms with Crippen LogP contribution in [0.2, 0.25) is 0 Å². The number of amides is 1. The first-order valence-corrected chi connectivity index (χ1v) is 8.69. The van der Waals surface area contributed by atoms with Gasteiger partial charge in [0, 0.05) is 12.6 Å². The Labute approximate surface area is 124 Å². The molecule has 0 saturated heterocycles. The van der Waals surface area contributed by atoms with Gasteiger partial charge in [0.15, 0.2) is 0 Å². The Morgan fingerprint density at radius 3 is 2.20 bits per heavy atom. The van der Waals surface area contributed by atoms with E-state index in [-0.39, 0.29) is 11.3 Å². The molecule has 2 aliphatic carbocycles. The summed E-state index contributed by atoms with van der Waals surface area (Å²) in [5.41, 5.74) is 5.72. The van der Waals surface area contributed by atoms with Crippen LogP contribution in [0.1, 0.15) is 77.6 Å². The molecule has 0 radical (unpaired) electrons. The lowest BCUT2D eigenvalue weighted by atomic mass is 9.78. The highest BCUT2D eigenvalue weighted by atomic mass is 16.2. The summed E-state index contributed by atoms with van der Waals surface area (Å²) in [4.78, 5) is 12.8. The Kier molecular flexibility index (Phi) is 5.88. The van der Waals surface area contributed by atoms with E-state index in [4.69, 9.17) is 5.73 Å². The number of carbonyl (C=O) groups is 1. The van der Waals surface area contributed by atoms with Gasteiger partial charge >= 0.3 is 0 Å². The summed E-state index contributed by atoms with van der Waals surface area (Å²) in [6.07, 6.45) is 13.3. The number of carbonyl (C=O) groups excluding carboxylic acids is 1. The molecule has 3 heteroatoms. The monoisotopic (exact) mass is 280 g/mol. The van der Waals surface area contributed by atoms with Crippen molar-refractivity contribution >= 4 is 5.91 Å². The largest absolute Gasteiger partial charge is 0.353 e. The molecule has 2 saturated carbocycles. The normalized spacial score (nSPS) is 25.7. The fourth-order valence-corrected chi connectivity index (χ4v) is 4.04. The third-order valence-corrected chi connectivity index (χ3v) is 5.65. The molecule has 0 aliphatic heterocycles. The number of hydrogen-bond donors (Lipinski definition) is 2. The minimum absolute atomic E-state index is 0.236. The summed E-state index contributed by atoms with van der Waals surface area (Å²) >= 11 is 0. The van der Waals surface area contributed by atoms with Gasteiger partial charge < -0.3 is 11.1 Å². The van der Waals surface area contributed by atoms with E-state index in [0.717, 1.165) is 25.7 Å². The Hall–Kier alpha value is -0.570. The second kappa shape index (κ2) is 7.44. The molecule has 0 spiro atoms. The van der Waals surface area contributed by atoms with Gasteiger partial charge in [0.1, 0.15) is 0 Å². The van der Waals surface area contributed by atoms with Crippen LogP contribution in [0, 0.1) is 11.3 Å². The molecule has 2 fully saturated rings. The molecule has 1 amide bonds. The molecule has 0 heterocycles. The van der Waals surface area contributed by atoms with Gasteiger partial charge in [-0.05, 0) is 38.5 Å². The lowest BCUT2D eigenvalue weighted by Gasteiger charge is -2.34. The van der Waals surface area contributed by atoms with Gasteiger partial charge in [0.25, 0.3) is 0 Å². The lowest BCUT2D eigenvalue weighted by Crippen LogP contribution is -2.50. The van der Waals surface area contributed by atoms with Crippen molar-refractivity contribution in [2.45, 2.75) is 83.6 Å². The van der Waals surface area contributed by atoms with Crippen LogP contribution in [0.25, 0.3) is 0 Å². The standard InChI is InChI=1S/C17H32N2O/c1-14(15-9-5-4-6-10-15)19-16(20)17(13-18)11-7-2-3-8-12-17/h14-15H,2-13,18H2,1H3,(H,19,20). The van der Waals surface area contributed by atoms with E-state index >= 15 is 0 Å². The number of nitrogens with two attached hydrogens (primary N) is 1. The zero-order valence-electron chi connectivity index (χ0n) is 13.1. The molecule has 0 aromatic heterocycles. The Bertz CT molecular complexity index is 302. The predicted molar refractivity (Wildman–Crippen MR) is 83.4 cm³/mol. The average molecular weight is 280 g/mol. The molecule has 3 nitrogen and oxygen atoms in total. The molecule has 0 aromatic carbocycles. The van der Waals surface area contributed by atoms with Crippen molar-refractivity contribution in [1.82, 2.24) is 5.32 Å². The average Bonchev–Trinajstić information content (AvgIpc) is 2.74. The minimum Gasteiger partial charge on any atom is -0.353 e. The fraction of sp³-hybridized carbons (Fsp3) is 0.941. The maximum Gasteiger partial charge on any atom is 0.227 e. The van der Waals surface area contributed by atoms with E-state index in [0.29, 0.717) is 18.5 Å². The quantitative estimate of drug-likeness (QED) is 0.776. The van der Waals surface area contributed by atoms with Crippen molar-refractivity contribution < 1.29 is 4.79 Å². The maximum atomic E-state index is 12.8. The van der Waals surface area contributed by atoms with Crippen LogP contribution in [0.3, 0.4) is 0 Å². The third kappa shape index (κ3) is 3.75. The number of rotatable bonds is 4. The minimum atomic E-state index is -0.278. The lowest BCUT2D eigenvalue weighted by molar-refractivity contribution is -0.132. The molecule has 116 valence electrons. The second-order valence-electron chi connectivity index (χ2n) is 7.06. The van der Waals surface area contributed by atoms with Crippen LogP contribution in [0.15, 0.2) is 0 Å². The fourth-order valence-electron chi connectivity index (χ4n) is 4.04. The Balaban J connectivity index is 1.93. The highest BCUT2D eigenvalue weighted by Gasteiger charge is 2.38. The van der Waals surface area contributed by atoms with Crippen molar-refractivity contribution in [2.24, 2.45) is 17.1 Å². The molecular formula is C17H32N2O. The van der Waals surface area contributed by atoms with Crippen LogP contribution in [0.4, 0.5) is 0 Å². The van der Waals surface area contributed by atoms with E-state index in [1.54, 1.807) is 0 Å². The molecule has 1 unspecified atom stereocenters. The van der Waals surface area contributed by atoms with Gasteiger partial charge in [0.05, 0.1) is 5.41 Å². The molecule has 0 aromatic rings. The summed E-state index contributed by atoms with van der Waals surface area (Å²) in [5, 5.41) is 3.32.